The van der Waals surface area contributed by atoms with Gasteiger partial charge in [0.15, 0.2) is 5.13 Å². The predicted molar refractivity (Wildman–Crippen MR) is 112 cm³/mol. The molecule has 4 rings (SSSR count). The molecule has 1 saturated heterocycles. The van der Waals surface area contributed by atoms with E-state index in [4.69, 9.17) is 11.6 Å². The Hall–Kier alpha value is -2.48. The highest BCUT2D eigenvalue weighted by molar-refractivity contribution is 9.10. The van der Waals surface area contributed by atoms with E-state index in [1.807, 2.05) is 12.1 Å². The summed E-state index contributed by atoms with van der Waals surface area (Å²) in [5.41, 5.74) is 1.11. The zero-order chi connectivity index (χ0) is 19.8. The van der Waals surface area contributed by atoms with Crippen LogP contribution in [0, 0.1) is 0 Å². The fraction of sp³-hybridized carbons (Fsp3) is 0.0500. The van der Waals surface area contributed by atoms with Crippen molar-refractivity contribution >= 4 is 61.4 Å². The minimum Gasteiger partial charge on any atom is -0.507 e. The van der Waals surface area contributed by atoms with Crippen molar-refractivity contribution in [2.24, 2.45) is 0 Å². The number of benzene rings is 2. The highest BCUT2D eigenvalue weighted by Gasteiger charge is 2.47. The molecule has 0 aliphatic carbocycles. The molecule has 0 unspecified atom stereocenters. The first kappa shape index (κ1) is 18.9. The maximum atomic E-state index is 12.9. The van der Waals surface area contributed by atoms with Gasteiger partial charge in [0.2, 0.25) is 0 Å². The summed E-state index contributed by atoms with van der Waals surface area (Å²) in [6, 6.07) is 12.9. The lowest BCUT2D eigenvalue weighted by Crippen LogP contribution is -2.29. The van der Waals surface area contributed by atoms with Crippen molar-refractivity contribution in [3.8, 4) is 0 Å². The number of halogens is 2. The number of Topliss-reactive ketones (excluding diaryl/α,β-unsaturated/α-hetero) is 1. The number of hydrogen-bond acceptors (Lipinski definition) is 5. The lowest BCUT2D eigenvalue weighted by molar-refractivity contribution is -0.132. The van der Waals surface area contributed by atoms with Gasteiger partial charge in [0.25, 0.3) is 5.78 Å². The van der Waals surface area contributed by atoms with Crippen LogP contribution < -0.4 is 4.90 Å². The molecule has 3 aromatic rings. The van der Waals surface area contributed by atoms with Gasteiger partial charge in [-0.3, -0.25) is 14.5 Å². The van der Waals surface area contributed by atoms with Crippen LogP contribution in [0.3, 0.4) is 0 Å². The molecule has 1 amide bonds. The van der Waals surface area contributed by atoms with Gasteiger partial charge in [-0.15, -0.1) is 11.3 Å². The van der Waals surface area contributed by atoms with Crippen LogP contribution >= 0.6 is 38.9 Å². The molecular weight excluding hydrogens is 464 g/mol. The van der Waals surface area contributed by atoms with Gasteiger partial charge in [0.1, 0.15) is 5.76 Å². The molecule has 1 aliphatic heterocycles. The van der Waals surface area contributed by atoms with E-state index in [0.717, 1.165) is 4.47 Å². The normalized spacial score (nSPS) is 18.6. The van der Waals surface area contributed by atoms with Gasteiger partial charge in [-0.1, -0.05) is 39.7 Å². The first-order valence-corrected chi connectivity index (χ1v) is 10.2. The Morgan fingerprint density at radius 2 is 1.79 bits per heavy atom. The van der Waals surface area contributed by atoms with E-state index < -0.39 is 17.7 Å². The van der Waals surface area contributed by atoms with Crippen molar-refractivity contribution in [1.82, 2.24) is 4.98 Å². The van der Waals surface area contributed by atoms with Gasteiger partial charge in [-0.05, 0) is 42.0 Å². The van der Waals surface area contributed by atoms with E-state index in [1.54, 1.807) is 48.0 Å². The third-order valence-electron chi connectivity index (χ3n) is 4.37. The van der Waals surface area contributed by atoms with Crippen LogP contribution in [0.2, 0.25) is 5.02 Å². The van der Waals surface area contributed by atoms with Crippen LogP contribution in [0.5, 0.6) is 0 Å². The summed E-state index contributed by atoms with van der Waals surface area (Å²) in [4.78, 5) is 31.2. The molecule has 1 N–H and O–H groups in total. The molecule has 8 heteroatoms. The number of carbonyl (C=O) groups excluding carboxylic acids is 2. The molecular formula is C20H12BrClN2O3S. The molecule has 0 radical (unpaired) electrons. The van der Waals surface area contributed by atoms with Crippen molar-refractivity contribution < 1.29 is 14.7 Å². The largest absolute Gasteiger partial charge is 0.507 e. The van der Waals surface area contributed by atoms with Gasteiger partial charge < -0.3 is 5.11 Å². The van der Waals surface area contributed by atoms with Crippen molar-refractivity contribution in [2.45, 2.75) is 6.04 Å². The number of carbonyl (C=O) groups is 2. The first-order chi connectivity index (χ1) is 13.5. The average Bonchev–Trinajstić information content (AvgIpc) is 3.30. The monoisotopic (exact) mass is 474 g/mol. The van der Waals surface area contributed by atoms with Gasteiger partial charge in [0, 0.05) is 26.6 Å². The summed E-state index contributed by atoms with van der Waals surface area (Å²) in [6.45, 7) is 0. The van der Waals surface area contributed by atoms with Crippen molar-refractivity contribution in [2.75, 3.05) is 4.90 Å². The van der Waals surface area contributed by atoms with Crippen LogP contribution in [0.1, 0.15) is 17.2 Å². The lowest BCUT2D eigenvalue weighted by atomic mass is 9.95. The summed E-state index contributed by atoms with van der Waals surface area (Å²) >= 11 is 10.6. The van der Waals surface area contributed by atoms with Crippen LogP contribution in [0.25, 0.3) is 5.76 Å². The topological polar surface area (TPSA) is 70.5 Å². The minimum atomic E-state index is -0.782. The number of aliphatic hydroxyl groups is 1. The molecule has 0 saturated carbocycles. The number of hydrogen-bond donors (Lipinski definition) is 1. The molecule has 5 nitrogen and oxygen atoms in total. The highest BCUT2D eigenvalue weighted by Crippen LogP contribution is 2.42. The Morgan fingerprint density at radius 3 is 2.39 bits per heavy atom. The van der Waals surface area contributed by atoms with Crippen molar-refractivity contribution in [3.05, 3.63) is 86.3 Å². The van der Waals surface area contributed by atoms with Gasteiger partial charge >= 0.3 is 5.91 Å². The third kappa shape index (κ3) is 3.26. The molecule has 0 bridgehead atoms. The van der Waals surface area contributed by atoms with Crippen LogP contribution in [0.4, 0.5) is 5.13 Å². The highest BCUT2D eigenvalue weighted by atomic mass is 79.9. The molecule has 1 aromatic heterocycles. The fourth-order valence-electron chi connectivity index (χ4n) is 3.09. The smallest absolute Gasteiger partial charge is 0.301 e. The van der Waals surface area contributed by atoms with E-state index in [0.29, 0.717) is 21.3 Å². The average molecular weight is 476 g/mol. The first-order valence-electron chi connectivity index (χ1n) is 8.19. The Labute approximate surface area is 178 Å². The van der Waals surface area contributed by atoms with E-state index in [1.165, 1.54) is 16.2 Å². The van der Waals surface area contributed by atoms with Gasteiger partial charge in [-0.25, -0.2) is 4.98 Å². The summed E-state index contributed by atoms with van der Waals surface area (Å²) in [5.74, 6) is -1.73. The van der Waals surface area contributed by atoms with E-state index in [-0.39, 0.29) is 11.3 Å². The van der Waals surface area contributed by atoms with Crippen LogP contribution in [0.15, 0.2) is 70.2 Å². The Balaban J connectivity index is 1.93. The molecule has 2 heterocycles. The number of amides is 1. The Kier molecular flexibility index (Phi) is 5.05. The number of aliphatic hydroxyl groups excluding tert-OH is 1. The maximum absolute atomic E-state index is 12.9. The van der Waals surface area contributed by atoms with Gasteiger partial charge in [0.05, 0.1) is 11.6 Å². The summed E-state index contributed by atoms with van der Waals surface area (Å²) in [6.07, 6.45) is 1.57. The predicted octanol–water partition coefficient (Wildman–Crippen LogP) is 5.19. The number of rotatable bonds is 3. The molecule has 28 heavy (non-hydrogen) atoms. The molecule has 1 atom stereocenters. The zero-order valence-corrected chi connectivity index (χ0v) is 17.3. The number of ketones is 1. The molecule has 1 fully saturated rings. The second-order valence-electron chi connectivity index (χ2n) is 6.04. The molecule has 2 aromatic carbocycles. The Bertz CT molecular complexity index is 1080. The molecule has 1 aliphatic rings. The second-order valence-corrected chi connectivity index (χ2v) is 8.27. The number of thiazole rings is 1. The quantitative estimate of drug-likeness (QED) is 0.322. The number of aromatic nitrogens is 1. The number of nitrogens with zero attached hydrogens (tertiary/aromatic N) is 2. The van der Waals surface area contributed by atoms with Crippen molar-refractivity contribution in [1.29, 1.82) is 0 Å². The number of anilines is 1. The molecule has 0 spiro atoms. The fourth-order valence-corrected chi connectivity index (χ4v) is 4.15. The summed E-state index contributed by atoms with van der Waals surface area (Å²) < 4.78 is 0.861. The van der Waals surface area contributed by atoms with Crippen molar-refractivity contribution in [3.63, 3.8) is 0 Å². The van der Waals surface area contributed by atoms with E-state index >= 15 is 0 Å². The van der Waals surface area contributed by atoms with Crippen LogP contribution in [-0.2, 0) is 9.59 Å². The molecule has 140 valence electrons. The maximum Gasteiger partial charge on any atom is 0.301 e. The standard InChI is InChI=1S/C20H12BrClN2O3S/c21-13-5-1-11(2-6-13)16-15(17(25)12-3-7-14(22)8-4-12)18(26)19(27)24(16)20-23-9-10-28-20/h1-10,16,25H/b17-15+/t16-/m1/s1. The summed E-state index contributed by atoms with van der Waals surface area (Å²) in [5, 5.41) is 13.5. The van der Waals surface area contributed by atoms with E-state index in [2.05, 4.69) is 20.9 Å². The van der Waals surface area contributed by atoms with Gasteiger partial charge in [-0.2, -0.15) is 0 Å². The van der Waals surface area contributed by atoms with Crippen LogP contribution in [-0.4, -0.2) is 21.8 Å². The minimum absolute atomic E-state index is 0.0184. The van der Waals surface area contributed by atoms with E-state index in [9.17, 15) is 14.7 Å². The lowest BCUT2D eigenvalue weighted by Gasteiger charge is -2.23. The SMILES string of the molecule is O=C1C(=O)N(c2nccs2)[C@H](c2ccc(Br)cc2)/C1=C(\O)c1ccc(Cl)cc1. The zero-order valence-electron chi connectivity index (χ0n) is 14.2. The Morgan fingerprint density at radius 1 is 1.11 bits per heavy atom. The summed E-state index contributed by atoms with van der Waals surface area (Å²) in [7, 11) is 0. The second kappa shape index (κ2) is 7.50. The third-order valence-corrected chi connectivity index (χ3v) is 5.92.